The van der Waals surface area contributed by atoms with Gasteiger partial charge in [0.1, 0.15) is 6.07 Å². The van der Waals surface area contributed by atoms with Crippen molar-refractivity contribution in [2.45, 2.75) is 57.8 Å². The van der Waals surface area contributed by atoms with Crippen LogP contribution in [0.15, 0.2) is 28.7 Å². The zero-order valence-electron chi connectivity index (χ0n) is 17.8. The number of anilines is 2. The molecule has 0 atom stereocenters. The average Bonchev–Trinajstić information content (AvgIpc) is 3.23. The van der Waals surface area contributed by atoms with E-state index in [9.17, 15) is 5.26 Å². The molecule has 4 rings (SSSR count). The Kier molecular flexibility index (Phi) is 6.84. The molecule has 160 valence electrons. The van der Waals surface area contributed by atoms with Crippen molar-refractivity contribution in [3.8, 4) is 6.07 Å². The van der Waals surface area contributed by atoms with E-state index in [1.165, 1.54) is 32.1 Å². The van der Waals surface area contributed by atoms with Crippen molar-refractivity contribution in [3.63, 3.8) is 0 Å². The van der Waals surface area contributed by atoms with Crippen LogP contribution in [-0.2, 0) is 0 Å². The van der Waals surface area contributed by atoms with Crippen LogP contribution in [0.3, 0.4) is 0 Å². The van der Waals surface area contributed by atoms with Gasteiger partial charge in [0, 0.05) is 42.8 Å². The number of benzene rings is 1. The zero-order chi connectivity index (χ0) is 20.9. The number of nitrogens with zero attached hydrogens (tertiary/aromatic N) is 4. The lowest BCUT2D eigenvalue weighted by molar-refractivity contribution is 0.277. The van der Waals surface area contributed by atoms with Gasteiger partial charge in [-0.05, 0) is 49.8 Å². The predicted molar refractivity (Wildman–Crippen MR) is 121 cm³/mol. The van der Waals surface area contributed by atoms with Gasteiger partial charge in [0.25, 0.3) is 0 Å². The van der Waals surface area contributed by atoms with E-state index in [4.69, 9.17) is 16.0 Å². The van der Waals surface area contributed by atoms with Gasteiger partial charge in [-0.1, -0.05) is 43.9 Å². The summed E-state index contributed by atoms with van der Waals surface area (Å²) in [5.41, 5.74) is 1.58. The van der Waals surface area contributed by atoms with Gasteiger partial charge in [0.05, 0.1) is 0 Å². The Labute approximate surface area is 184 Å². The van der Waals surface area contributed by atoms with Crippen LogP contribution in [0.2, 0.25) is 5.02 Å². The van der Waals surface area contributed by atoms with Crippen LogP contribution in [0.5, 0.6) is 0 Å². The molecule has 1 aromatic heterocycles. The van der Waals surface area contributed by atoms with Gasteiger partial charge in [-0.2, -0.15) is 5.26 Å². The molecule has 0 bridgehead atoms. The topological polar surface area (TPSA) is 56.3 Å². The van der Waals surface area contributed by atoms with Crippen molar-refractivity contribution in [3.05, 3.63) is 40.9 Å². The fraction of sp³-hybridized carbons (Fsp3) is 0.583. The minimum atomic E-state index is 0.358. The number of oxazole rings is 1. The van der Waals surface area contributed by atoms with Crippen LogP contribution in [0.4, 0.5) is 11.6 Å². The first-order valence-corrected chi connectivity index (χ1v) is 11.7. The highest BCUT2D eigenvalue weighted by Gasteiger charge is 2.29. The van der Waals surface area contributed by atoms with Gasteiger partial charge in [-0.25, -0.2) is 4.98 Å². The van der Waals surface area contributed by atoms with E-state index in [0.29, 0.717) is 17.5 Å². The molecule has 0 amide bonds. The minimum Gasteiger partial charge on any atom is -0.423 e. The number of aromatic nitrogens is 1. The Morgan fingerprint density at radius 2 is 1.87 bits per heavy atom. The molecule has 2 aromatic rings. The summed E-state index contributed by atoms with van der Waals surface area (Å²) in [6.07, 6.45) is 8.71. The van der Waals surface area contributed by atoms with Crippen LogP contribution in [0, 0.1) is 17.2 Å². The molecule has 1 saturated heterocycles. The van der Waals surface area contributed by atoms with Gasteiger partial charge in [0.2, 0.25) is 17.5 Å². The summed E-state index contributed by atoms with van der Waals surface area (Å²) in [7, 11) is 0. The second-order valence-corrected chi connectivity index (χ2v) is 9.07. The molecule has 1 saturated carbocycles. The van der Waals surface area contributed by atoms with Crippen LogP contribution in [-0.4, -0.2) is 31.2 Å². The molecule has 0 spiro atoms. The van der Waals surface area contributed by atoms with Crippen molar-refractivity contribution in [2.24, 2.45) is 5.92 Å². The summed E-state index contributed by atoms with van der Waals surface area (Å²) in [5, 5.41) is 10.4. The van der Waals surface area contributed by atoms with Gasteiger partial charge in [-0.3, -0.25) is 0 Å². The van der Waals surface area contributed by atoms with Gasteiger partial charge < -0.3 is 14.2 Å². The third-order valence-corrected chi connectivity index (χ3v) is 6.87. The molecule has 0 N–H and O–H groups in total. The lowest BCUT2D eigenvalue weighted by atomic mass is 9.80. The predicted octanol–water partition coefficient (Wildman–Crippen LogP) is 5.99. The van der Waals surface area contributed by atoms with Gasteiger partial charge >= 0.3 is 0 Å². The summed E-state index contributed by atoms with van der Waals surface area (Å²) >= 11 is 6.14. The maximum atomic E-state index is 9.64. The third-order valence-electron chi connectivity index (χ3n) is 6.63. The summed E-state index contributed by atoms with van der Waals surface area (Å²) in [6.45, 7) is 5.60. The Balaban J connectivity index is 1.39. The summed E-state index contributed by atoms with van der Waals surface area (Å²) < 4.78 is 6.21. The number of halogens is 1. The number of unbranched alkanes of at least 4 members (excludes halogenated alkanes) is 1. The van der Waals surface area contributed by atoms with E-state index in [1.54, 1.807) is 0 Å². The van der Waals surface area contributed by atoms with Crippen LogP contribution < -0.4 is 9.80 Å². The molecule has 2 fully saturated rings. The van der Waals surface area contributed by atoms with E-state index in [0.717, 1.165) is 61.5 Å². The van der Waals surface area contributed by atoms with E-state index in [2.05, 4.69) is 33.8 Å². The van der Waals surface area contributed by atoms with E-state index >= 15 is 0 Å². The minimum absolute atomic E-state index is 0.358. The number of rotatable bonds is 6. The lowest BCUT2D eigenvalue weighted by Crippen LogP contribution is -2.46. The third kappa shape index (κ3) is 4.75. The second kappa shape index (κ2) is 9.75. The molecule has 0 unspecified atom stereocenters. The fourth-order valence-electron chi connectivity index (χ4n) is 4.82. The molecule has 1 aliphatic carbocycles. The van der Waals surface area contributed by atoms with Crippen molar-refractivity contribution < 1.29 is 4.42 Å². The lowest BCUT2D eigenvalue weighted by Gasteiger charge is -2.36. The summed E-state index contributed by atoms with van der Waals surface area (Å²) in [4.78, 5) is 9.10. The van der Waals surface area contributed by atoms with E-state index in [-0.39, 0.29) is 0 Å². The first-order valence-electron chi connectivity index (χ1n) is 11.3. The molecule has 6 heteroatoms. The van der Waals surface area contributed by atoms with E-state index < -0.39 is 0 Å². The number of piperazine rings is 1. The summed E-state index contributed by atoms with van der Waals surface area (Å²) in [5.74, 6) is 2.64. The molecular weight excluding hydrogens is 396 g/mol. The number of nitriles is 1. The highest BCUT2D eigenvalue weighted by Crippen LogP contribution is 2.39. The van der Waals surface area contributed by atoms with Crippen molar-refractivity contribution in [1.82, 2.24) is 4.98 Å². The second-order valence-electron chi connectivity index (χ2n) is 8.63. The molecule has 2 aliphatic rings. The molecule has 2 heterocycles. The van der Waals surface area contributed by atoms with Crippen LogP contribution in [0.1, 0.15) is 69.4 Å². The maximum absolute atomic E-state index is 9.64. The molecule has 0 radical (unpaired) electrons. The molecule has 5 nitrogen and oxygen atoms in total. The number of hydrogen-bond donors (Lipinski definition) is 0. The number of hydrogen-bond acceptors (Lipinski definition) is 5. The van der Waals surface area contributed by atoms with Gasteiger partial charge in [-0.15, -0.1) is 0 Å². The Hall–Kier alpha value is -2.19. The highest BCUT2D eigenvalue weighted by molar-refractivity contribution is 6.30. The van der Waals surface area contributed by atoms with Gasteiger partial charge in [0.15, 0.2) is 0 Å². The maximum Gasteiger partial charge on any atom is 0.234 e. The Morgan fingerprint density at radius 1 is 1.13 bits per heavy atom. The van der Waals surface area contributed by atoms with Crippen molar-refractivity contribution in [2.75, 3.05) is 36.0 Å². The molecule has 1 aromatic carbocycles. The van der Waals surface area contributed by atoms with E-state index in [1.807, 2.05) is 18.2 Å². The average molecular weight is 427 g/mol. The first kappa shape index (κ1) is 21.1. The van der Waals surface area contributed by atoms with Crippen LogP contribution >= 0.6 is 11.6 Å². The van der Waals surface area contributed by atoms with Crippen LogP contribution in [0.25, 0.3) is 0 Å². The zero-order valence-corrected chi connectivity index (χ0v) is 18.6. The van der Waals surface area contributed by atoms with Crippen molar-refractivity contribution >= 4 is 23.2 Å². The smallest absolute Gasteiger partial charge is 0.234 e. The highest BCUT2D eigenvalue weighted by atomic mass is 35.5. The fourth-order valence-corrected chi connectivity index (χ4v) is 5.01. The Bertz CT molecular complexity index is 874. The normalized spacial score (nSPS) is 22.2. The largest absolute Gasteiger partial charge is 0.423 e. The van der Waals surface area contributed by atoms with Crippen molar-refractivity contribution in [1.29, 1.82) is 5.26 Å². The standard InChI is InChI=1S/C24H31ClN4O/c1-2-3-5-18-8-10-19(11-9-18)23-27-22(17-26)24(30-23)29-14-12-28(13-15-29)21-7-4-6-20(25)16-21/h4,6-7,16,18-19H,2-3,5,8-15H2,1H3. The molecule has 30 heavy (non-hydrogen) atoms. The monoisotopic (exact) mass is 426 g/mol. The quantitative estimate of drug-likeness (QED) is 0.567. The molecule has 1 aliphatic heterocycles. The summed E-state index contributed by atoms with van der Waals surface area (Å²) in [6, 6.07) is 10.2. The Morgan fingerprint density at radius 3 is 2.53 bits per heavy atom. The first-order chi connectivity index (χ1) is 14.7. The molecular formula is C24H31ClN4O. The SMILES string of the molecule is CCCCC1CCC(c2nc(C#N)c(N3CCN(c4cccc(Cl)c4)CC3)o2)CC1.